The zero-order valence-corrected chi connectivity index (χ0v) is 11.5. The van der Waals surface area contributed by atoms with Gasteiger partial charge in [0, 0.05) is 38.7 Å². The van der Waals surface area contributed by atoms with Crippen LogP contribution in [0.15, 0.2) is 24.3 Å². The van der Waals surface area contributed by atoms with E-state index in [4.69, 9.17) is 9.47 Å². The van der Waals surface area contributed by atoms with Crippen molar-refractivity contribution in [2.24, 2.45) is 0 Å². The topological polar surface area (TPSA) is 47.9 Å². The van der Waals surface area contributed by atoms with Gasteiger partial charge in [-0.3, -0.25) is 0 Å². The van der Waals surface area contributed by atoms with Gasteiger partial charge in [0.05, 0.1) is 0 Å². The largest absolute Gasteiger partial charge is 0.573 e. The predicted octanol–water partition coefficient (Wildman–Crippen LogP) is 2.81. The van der Waals surface area contributed by atoms with E-state index in [1.807, 2.05) is 0 Å². The number of para-hydroxylation sites is 1. The molecule has 0 aromatic heterocycles. The van der Waals surface area contributed by atoms with E-state index in [1.165, 1.54) is 25.3 Å². The van der Waals surface area contributed by atoms with Gasteiger partial charge in [0.15, 0.2) is 0 Å². The molecule has 0 saturated carbocycles. The van der Waals surface area contributed by atoms with Gasteiger partial charge in [-0.2, -0.15) is 0 Å². The summed E-state index contributed by atoms with van der Waals surface area (Å²) in [4.78, 5) is 0. The van der Waals surface area contributed by atoms with Crippen molar-refractivity contribution < 1.29 is 32.5 Å². The third-order valence-electron chi connectivity index (χ3n) is 3.68. The van der Waals surface area contributed by atoms with Gasteiger partial charge in [-0.25, -0.2) is 0 Å². The maximum atomic E-state index is 12.4. The number of aliphatic hydroxyl groups is 1. The predicted molar refractivity (Wildman–Crippen MR) is 67.9 cm³/mol. The molecule has 1 fully saturated rings. The van der Waals surface area contributed by atoms with E-state index in [2.05, 4.69) is 4.74 Å². The van der Waals surface area contributed by atoms with Crippen LogP contribution in [0.3, 0.4) is 0 Å². The molecule has 1 atom stereocenters. The summed E-state index contributed by atoms with van der Waals surface area (Å²) in [5.74, 6) is -0.416. The van der Waals surface area contributed by atoms with Gasteiger partial charge in [-0.15, -0.1) is 13.2 Å². The summed E-state index contributed by atoms with van der Waals surface area (Å²) in [6.45, 7) is 0.764. The van der Waals surface area contributed by atoms with Crippen LogP contribution in [0.5, 0.6) is 5.75 Å². The summed E-state index contributed by atoms with van der Waals surface area (Å²) >= 11 is 0. The van der Waals surface area contributed by atoms with Crippen LogP contribution in [0.1, 0.15) is 24.5 Å². The highest BCUT2D eigenvalue weighted by Crippen LogP contribution is 2.41. The molecule has 1 aromatic carbocycles. The van der Waals surface area contributed by atoms with Crippen LogP contribution >= 0.6 is 0 Å². The van der Waals surface area contributed by atoms with Crippen molar-refractivity contribution in [3.05, 3.63) is 29.8 Å². The number of methoxy groups -OCH3 is 1. The molecule has 0 spiro atoms. The van der Waals surface area contributed by atoms with Crippen molar-refractivity contribution in [2.45, 2.75) is 30.9 Å². The molecule has 1 saturated heterocycles. The Bertz CT molecular complexity index is 470. The summed E-state index contributed by atoms with van der Waals surface area (Å²) in [5.41, 5.74) is -0.915. The lowest BCUT2D eigenvalue weighted by atomic mass is 9.84. The first-order valence-electron chi connectivity index (χ1n) is 6.53. The first-order chi connectivity index (χ1) is 9.88. The fourth-order valence-corrected chi connectivity index (χ4v) is 2.51. The Labute approximate surface area is 120 Å². The van der Waals surface area contributed by atoms with Crippen molar-refractivity contribution in [1.29, 1.82) is 0 Å². The number of alkyl halides is 3. The molecule has 21 heavy (non-hydrogen) atoms. The van der Waals surface area contributed by atoms with Crippen LogP contribution in [0, 0.1) is 0 Å². The third kappa shape index (κ3) is 3.66. The van der Waals surface area contributed by atoms with E-state index >= 15 is 0 Å². The normalized spacial score (nSPS) is 20.0. The fourth-order valence-electron chi connectivity index (χ4n) is 2.51. The molecule has 0 radical (unpaired) electrons. The van der Waals surface area contributed by atoms with Gasteiger partial charge in [0.1, 0.15) is 17.5 Å². The second kappa shape index (κ2) is 6.21. The molecule has 1 heterocycles. The van der Waals surface area contributed by atoms with Crippen molar-refractivity contribution >= 4 is 0 Å². The van der Waals surface area contributed by atoms with Crippen molar-refractivity contribution in [3.63, 3.8) is 0 Å². The lowest BCUT2D eigenvalue weighted by Gasteiger charge is -2.40. The highest BCUT2D eigenvalue weighted by atomic mass is 19.4. The Balaban J connectivity index is 2.31. The highest BCUT2D eigenvalue weighted by Gasteiger charge is 2.43. The van der Waals surface area contributed by atoms with Gasteiger partial charge in [0.2, 0.25) is 0 Å². The van der Waals surface area contributed by atoms with Gasteiger partial charge in [-0.1, -0.05) is 18.2 Å². The fraction of sp³-hybridized carbons (Fsp3) is 0.571. The molecular weight excluding hydrogens is 289 g/mol. The summed E-state index contributed by atoms with van der Waals surface area (Å²) in [6.07, 6.45) is -5.26. The Morgan fingerprint density at radius 2 is 1.86 bits per heavy atom. The molecule has 0 bridgehead atoms. The Kier molecular flexibility index (Phi) is 4.75. The van der Waals surface area contributed by atoms with Crippen molar-refractivity contribution in [2.75, 3.05) is 20.3 Å². The second-order valence-electron chi connectivity index (χ2n) is 4.87. The number of hydrogen-bond acceptors (Lipinski definition) is 4. The van der Waals surface area contributed by atoms with Crippen molar-refractivity contribution in [3.8, 4) is 5.75 Å². The molecular formula is C14H17F3O4. The summed E-state index contributed by atoms with van der Waals surface area (Å²) in [7, 11) is 1.43. The Hall–Kier alpha value is -1.31. The number of benzene rings is 1. The Morgan fingerprint density at radius 3 is 2.43 bits per heavy atom. The second-order valence-corrected chi connectivity index (χ2v) is 4.87. The maximum absolute atomic E-state index is 12.4. The van der Waals surface area contributed by atoms with Crippen LogP contribution in [0.4, 0.5) is 13.2 Å². The van der Waals surface area contributed by atoms with E-state index in [1.54, 1.807) is 6.07 Å². The average Bonchev–Trinajstić information content (AvgIpc) is 2.46. The summed E-state index contributed by atoms with van der Waals surface area (Å²) in [5, 5.41) is 10.5. The third-order valence-corrected chi connectivity index (χ3v) is 3.68. The number of ether oxygens (including phenoxy) is 3. The lowest BCUT2D eigenvalue weighted by Crippen LogP contribution is -2.44. The minimum atomic E-state index is -4.81. The lowest BCUT2D eigenvalue weighted by molar-refractivity contribution is -0.275. The minimum Gasteiger partial charge on any atom is -0.405 e. The SMILES string of the molecule is COC1(C(O)c2ccccc2OC(F)(F)F)CCOCC1. The summed E-state index contributed by atoms with van der Waals surface area (Å²) < 4.78 is 52.0. The molecule has 0 amide bonds. The molecule has 0 aliphatic carbocycles. The van der Waals surface area contributed by atoms with E-state index in [9.17, 15) is 18.3 Å². The summed E-state index contributed by atoms with van der Waals surface area (Å²) in [6, 6.07) is 5.54. The van der Waals surface area contributed by atoms with Crippen LogP contribution < -0.4 is 4.74 Å². The van der Waals surface area contributed by atoms with Gasteiger partial charge >= 0.3 is 6.36 Å². The van der Waals surface area contributed by atoms with Crippen LogP contribution in [-0.4, -0.2) is 37.4 Å². The first-order valence-corrected chi connectivity index (χ1v) is 6.53. The molecule has 1 unspecified atom stereocenters. The maximum Gasteiger partial charge on any atom is 0.573 e. The number of hydrogen-bond donors (Lipinski definition) is 1. The zero-order valence-electron chi connectivity index (χ0n) is 11.5. The molecule has 4 nitrogen and oxygen atoms in total. The number of aliphatic hydroxyl groups excluding tert-OH is 1. The van der Waals surface area contributed by atoms with Gasteiger partial charge in [-0.05, 0) is 6.07 Å². The van der Waals surface area contributed by atoms with E-state index < -0.39 is 23.8 Å². The molecule has 2 rings (SSSR count). The van der Waals surface area contributed by atoms with Gasteiger partial charge in [0.25, 0.3) is 0 Å². The van der Waals surface area contributed by atoms with Crippen LogP contribution in [-0.2, 0) is 9.47 Å². The Morgan fingerprint density at radius 1 is 1.24 bits per heavy atom. The molecule has 1 N–H and O–H groups in total. The molecule has 118 valence electrons. The smallest absolute Gasteiger partial charge is 0.405 e. The van der Waals surface area contributed by atoms with E-state index in [0.717, 1.165) is 0 Å². The molecule has 7 heteroatoms. The van der Waals surface area contributed by atoms with E-state index in [0.29, 0.717) is 26.1 Å². The minimum absolute atomic E-state index is 0.0542. The first kappa shape index (κ1) is 16.1. The number of rotatable bonds is 4. The molecule has 1 aliphatic heterocycles. The highest BCUT2D eigenvalue weighted by molar-refractivity contribution is 5.37. The standard InChI is InChI=1S/C14H17F3O4/c1-19-13(6-8-20-9-7-13)12(18)10-4-2-3-5-11(10)21-14(15,16)17/h2-5,12,18H,6-9H2,1H3. The average molecular weight is 306 g/mol. The van der Waals surface area contributed by atoms with Crippen LogP contribution in [0.25, 0.3) is 0 Å². The quantitative estimate of drug-likeness (QED) is 0.929. The van der Waals surface area contributed by atoms with Gasteiger partial charge < -0.3 is 19.3 Å². The molecule has 1 aliphatic rings. The number of halogens is 3. The monoisotopic (exact) mass is 306 g/mol. The van der Waals surface area contributed by atoms with E-state index in [-0.39, 0.29) is 5.56 Å². The van der Waals surface area contributed by atoms with Crippen molar-refractivity contribution in [1.82, 2.24) is 0 Å². The molecule has 1 aromatic rings. The van der Waals surface area contributed by atoms with Crippen LogP contribution in [0.2, 0.25) is 0 Å². The zero-order chi connectivity index (χ0) is 15.5.